The van der Waals surface area contributed by atoms with Crippen molar-refractivity contribution in [1.29, 1.82) is 0 Å². The van der Waals surface area contributed by atoms with Crippen molar-refractivity contribution < 1.29 is 19.4 Å². The fourth-order valence-electron chi connectivity index (χ4n) is 2.86. The molecule has 2 aromatic carbocycles. The van der Waals surface area contributed by atoms with E-state index < -0.39 is 17.9 Å². The van der Waals surface area contributed by atoms with E-state index in [0.29, 0.717) is 5.13 Å². The first-order valence-corrected chi connectivity index (χ1v) is 9.79. The van der Waals surface area contributed by atoms with E-state index >= 15 is 0 Å². The lowest BCUT2D eigenvalue weighted by Gasteiger charge is -2.18. The summed E-state index contributed by atoms with van der Waals surface area (Å²) in [6.07, 6.45) is -0.211. The lowest BCUT2D eigenvalue weighted by molar-refractivity contribution is -0.137. The van der Waals surface area contributed by atoms with E-state index in [1.165, 1.54) is 11.3 Å². The summed E-state index contributed by atoms with van der Waals surface area (Å²) in [6.45, 7) is 1.88. The number of methoxy groups -OCH3 is 1. The van der Waals surface area contributed by atoms with Gasteiger partial charge in [0.25, 0.3) is 5.91 Å². The number of thiazole rings is 1. The molecule has 0 saturated heterocycles. The number of aryl methyl sites for hydroxylation is 1. The zero-order chi connectivity index (χ0) is 20.8. The summed E-state index contributed by atoms with van der Waals surface area (Å²) in [5.41, 5.74) is 2.74. The number of carboxylic acid groups (broad SMARTS) is 1. The number of hydrogen-bond donors (Lipinski definition) is 3. The Morgan fingerprint density at radius 1 is 1.17 bits per heavy atom. The Labute approximate surface area is 172 Å². The number of carbonyl (C=O) groups excluding carboxylic acids is 1. The first-order valence-electron chi connectivity index (χ1n) is 8.91. The number of benzene rings is 2. The molecule has 3 N–H and O–H groups in total. The Bertz CT molecular complexity index is 1000. The second-order valence-corrected chi connectivity index (χ2v) is 7.23. The molecule has 1 amide bonds. The van der Waals surface area contributed by atoms with Crippen LogP contribution in [-0.4, -0.2) is 29.1 Å². The quantitative estimate of drug-likeness (QED) is 0.515. The second kappa shape index (κ2) is 9.20. The third kappa shape index (κ3) is 5.32. The van der Waals surface area contributed by atoms with Crippen molar-refractivity contribution in [2.75, 3.05) is 12.4 Å². The number of amides is 1. The summed E-state index contributed by atoms with van der Waals surface area (Å²) in [4.78, 5) is 28.3. The number of rotatable bonds is 8. The third-order valence-electron chi connectivity index (χ3n) is 4.33. The van der Waals surface area contributed by atoms with Gasteiger partial charge in [0.1, 0.15) is 11.4 Å². The monoisotopic (exact) mass is 411 g/mol. The largest absolute Gasteiger partial charge is 0.497 e. The maximum atomic E-state index is 12.7. The van der Waals surface area contributed by atoms with Crippen molar-refractivity contribution in [3.05, 3.63) is 70.7 Å². The van der Waals surface area contributed by atoms with Crippen LogP contribution in [0.2, 0.25) is 0 Å². The maximum Gasteiger partial charge on any atom is 0.305 e. The lowest BCUT2D eigenvalue weighted by atomic mass is 9.98. The van der Waals surface area contributed by atoms with Crippen LogP contribution in [-0.2, 0) is 4.79 Å². The Morgan fingerprint density at radius 2 is 1.90 bits per heavy atom. The highest BCUT2D eigenvalue weighted by Crippen LogP contribution is 2.24. The van der Waals surface area contributed by atoms with Gasteiger partial charge in [0, 0.05) is 11.1 Å². The number of ether oxygens (including phenoxy) is 1. The van der Waals surface area contributed by atoms with Crippen LogP contribution >= 0.6 is 11.3 Å². The number of aliphatic carboxylic acids is 1. The number of carboxylic acids is 1. The van der Waals surface area contributed by atoms with E-state index in [1.807, 2.05) is 55.5 Å². The maximum absolute atomic E-state index is 12.7. The molecule has 0 fully saturated rings. The summed E-state index contributed by atoms with van der Waals surface area (Å²) < 4.78 is 5.13. The number of aromatic nitrogens is 1. The first-order chi connectivity index (χ1) is 14.0. The highest BCUT2D eigenvalue weighted by Gasteiger charge is 2.21. The summed E-state index contributed by atoms with van der Waals surface area (Å²) in [6, 6.07) is 14.1. The van der Waals surface area contributed by atoms with E-state index in [2.05, 4.69) is 15.6 Å². The smallest absolute Gasteiger partial charge is 0.305 e. The van der Waals surface area contributed by atoms with Gasteiger partial charge in [0.2, 0.25) is 0 Å². The zero-order valence-electron chi connectivity index (χ0n) is 16.0. The number of anilines is 2. The molecule has 3 rings (SSSR count). The summed E-state index contributed by atoms with van der Waals surface area (Å²) >= 11 is 1.29. The van der Waals surface area contributed by atoms with Gasteiger partial charge in [-0.05, 0) is 42.3 Å². The molecule has 1 atom stereocenters. The molecule has 0 saturated carbocycles. The van der Waals surface area contributed by atoms with Crippen LogP contribution in [0.25, 0.3) is 0 Å². The van der Waals surface area contributed by atoms with E-state index in [0.717, 1.165) is 22.6 Å². The Kier molecular flexibility index (Phi) is 6.46. The standard InChI is InChI=1S/C21H21N3O4S/c1-13-5-3-4-6-16(13)17(11-19(25)26)23-20(27)18-12-29-21(24-18)22-14-7-9-15(28-2)10-8-14/h3-10,12,17H,11H2,1-2H3,(H,22,24)(H,23,27)(H,25,26). The third-order valence-corrected chi connectivity index (χ3v) is 5.08. The summed E-state index contributed by atoms with van der Waals surface area (Å²) in [5.74, 6) is -0.660. The molecule has 0 radical (unpaired) electrons. The van der Waals surface area contributed by atoms with Crippen LogP contribution in [0.4, 0.5) is 10.8 Å². The number of nitrogens with zero attached hydrogens (tertiary/aromatic N) is 1. The van der Waals surface area contributed by atoms with Crippen LogP contribution in [0.3, 0.4) is 0 Å². The van der Waals surface area contributed by atoms with Crippen LogP contribution in [0.1, 0.15) is 34.1 Å². The van der Waals surface area contributed by atoms with Crippen molar-refractivity contribution in [2.45, 2.75) is 19.4 Å². The van der Waals surface area contributed by atoms with Gasteiger partial charge in [-0.2, -0.15) is 0 Å². The average molecular weight is 411 g/mol. The highest BCUT2D eigenvalue weighted by atomic mass is 32.1. The highest BCUT2D eigenvalue weighted by molar-refractivity contribution is 7.14. The molecule has 150 valence electrons. The number of hydrogen-bond acceptors (Lipinski definition) is 6. The Hall–Kier alpha value is -3.39. The van der Waals surface area contributed by atoms with Gasteiger partial charge >= 0.3 is 5.97 Å². The molecule has 0 aliphatic heterocycles. The molecular weight excluding hydrogens is 390 g/mol. The predicted octanol–water partition coefficient (Wildman–Crippen LogP) is 4.15. The minimum Gasteiger partial charge on any atom is -0.497 e. The van der Waals surface area contributed by atoms with Gasteiger partial charge < -0.3 is 20.5 Å². The topological polar surface area (TPSA) is 101 Å². The fraction of sp³-hybridized carbons (Fsp3) is 0.190. The van der Waals surface area contributed by atoms with Gasteiger partial charge in [0.15, 0.2) is 5.13 Å². The normalized spacial score (nSPS) is 11.5. The molecule has 7 nitrogen and oxygen atoms in total. The average Bonchev–Trinajstić information content (AvgIpc) is 3.17. The predicted molar refractivity (Wildman–Crippen MR) is 112 cm³/mol. The van der Waals surface area contributed by atoms with Gasteiger partial charge in [-0.15, -0.1) is 11.3 Å². The van der Waals surface area contributed by atoms with Gasteiger partial charge in [-0.3, -0.25) is 9.59 Å². The van der Waals surface area contributed by atoms with Crippen molar-refractivity contribution in [2.24, 2.45) is 0 Å². The fourth-order valence-corrected chi connectivity index (χ4v) is 3.57. The zero-order valence-corrected chi connectivity index (χ0v) is 16.8. The molecule has 3 aromatic rings. The molecule has 0 bridgehead atoms. The number of nitrogens with one attached hydrogen (secondary N) is 2. The SMILES string of the molecule is COc1ccc(Nc2nc(C(=O)NC(CC(=O)O)c3ccccc3C)cs2)cc1. The van der Waals surface area contributed by atoms with Crippen LogP contribution in [0.15, 0.2) is 53.9 Å². The summed E-state index contributed by atoms with van der Waals surface area (Å²) in [5, 5.41) is 17.4. The van der Waals surface area contributed by atoms with E-state index in [9.17, 15) is 14.7 Å². The van der Waals surface area contributed by atoms with E-state index in [1.54, 1.807) is 12.5 Å². The van der Waals surface area contributed by atoms with Gasteiger partial charge in [0.05, 0.1) is 19.6 Å². The van der Waals surface area contributed by atoms with Crippen molar-refractivity contribution in [3.8, 4) is 5.75 Å². The molecule has 1 heterocycles. The molecule has 1 aromatic heterocycles. The van der Waals surface area contributed by atoms with E-state index in [-0.39, 0.29) is 12.1 Å². The minimum atomic E-state index is -0.987. The molecule has 0 aliphatic carbocycles. The van der Waals surface area contributed by atoms with Crippen molar-refractivity contribution in [1.82, 2.24) is 10.3 Å². The molecule has 0 aliphatic rings. The first kappa shape index (κ1) is 20.3. The molecule has 0 spiro atoms. The lowest BCUT2D eigenvalue weighted by Crippen LogP contribution is -2.30. The second-order valence-electron chi connectivity index (χ2n) is 6.37. The summed E-state index contributed by atoms with van der Waals surface area (Å²) in [7, 11) is 1.60. The van der Waals surface area contributed by atoms with E-state index in [4.69, 9.17) is 4.74 Å². The molecule has 1 unspecified atom stereocenters. The Morgan fingerprint density at radius 3 is 2.55 bits per heavy atom. The van der Waals surface area contributed by atoms with Gasteiger partial charge in [-0.1, -0.05) is 24.3 Å². The molecular formula is C21H21N3O4S. The molecule has 29 heavy (non-hydrogen) atoms. The minimum absolute atomic E-state index is 0.211. The Balaban J connectivity index is 1.72. The number of carbonyl (C=O) groups is 2. The van der Waals surface area contributed by atoms with Crippen LogP contribution in [0, 0.1) is 6.92 Å². The van der Waals surface area contributed by atoms with Gasteiger partial charge in [-0.25, -0.2) is 4.98 Å². The van der Waals surface area contributed by atoms with Crippen molar-refractivity contribution >= 4 is 34.0 Å². The molecule has 8 heteroatoms. The van der Waals surface area contributed by atoms with Crippen molar-refractivity contribution in [3.63, 3.8) is 0 Å². The van der Waals surface area contributed by atoms with Crippen LogP contribution in [0.5, 0.6) is 5.75 Å². The van der Waals surface area contributed by atoms with Crippen LogP contribution < -0.4 is 15.4 Å².